The van der Waals surface area contributed by atoms with Gasteiger partial charge in [-0.15, -0.1) is 0 Å². The number of carbonyl (C=O) groups is 3. The molecule has 4 heterocycles. The number of H-pyrrole nitrogens is 1. The summed E-state index contributed by atoms with van der Waals surface area (Å²) >= 11 is 0. The van der Waals surface area contributed by atoms with Crippen LogP contribution in [0.1, 0.15) is 29.6 Å². The number of para-hydroxylation sites is 1. The molecule has 3 saturated heterocycles. The lowest BCUT2D eigenvalue weighted by Crippen LogP contribution is -2.49. The fraction of sp³-hybridized carbons (Fsp3) is 0.400. The standard InChI is InChI=1S/C30H34N6O5/c1-41-26-18-22(6-7-23(26)21-19-31-32-20-21)36-13-10-30(28(36)38)8-11-34(12-9-30)27(37)24-4-2-3-5-25(24)33-14-16-35(17-15-33)29(39)40/h2-7,18-20H,8-17H2,1H3,(H,31,32)(H,39,40). The lowest BCUT2D eigenvalue weighted by Gasteiger charge is -2.39. The van der Waals surface area contributed by atoms with Crippen molar-refractivity contribution in [3.63, 3.8) is 0 Å². The van der Waals surface area contributed by atoms with Crippen molar-refractivity contribution < 1.29 is 24.2 Å². The van der Waals surface area contributed by atoms with Crippen molar-refractivity contribution in [2.24, 2.45) is 5.41 Å². The number of nitrogens with one attached hydrogen (secondary N) is 1. The van der Waals surface area contributed by atoms with Crippen LogP contribution in [0.4, 0.5) is 16.2 Å². The van der Waals surface area contributed by atoms with Gasteiger partial charge in [-0.1, -0.05) is 12.1 Å². The van der Waals surface area contributed by atoms with E-state index in [0.29, 0.717) is 70.0 Å². The molecule has 0 atom stereocenters. The molecule has 1 spiro atoms. The van der Waals surface area contributed by atoms with Crippen LogP contribution in [0.2, 0.25) is 0 Å². The number of carboxylic acid groups (broad SMARTS) is 1. The molecule has 1 aromatic heterocycles. The van der Waals surface area contributed by atoms with Crippen molar-refractivity contribution in [1.29, 1.82) is 0 Å². The summed E-state index contributed by atoms with van der Waals surface area (Å²) < 4.78 is 5.64. The van der Waals surface area contributed by atoms with Crippen LogP contribution < -0.4 is 14.5 Å². The molecule has 41 heavy (non-hydrogen) atoms. The summed E-state index contributed by atoms with van der Waals surface area (Å²) in [6.45, 7) is 3.55. The largest absolute Gasteiger partial charge is 0.496 e. The van der Waals surface area contributed by atoms with Crippen molar-refractivity contribution in [3.8, 4) is 16.9 Å². The monoisotopic (exact) mass is 558 g/mol. The van der Waals surface area contributed by atoms with Crippen LogP contribution in [0.5, 0.6) is 5.75 Å². The maximum absolute atomic E-state index is 13.8. The smallest absolute Gasteiger partial charge is 0.407 e. The number of hydrogen-bond donors (Lipinski definition) is 2. The van der Waals surface area contributed by atoms with E-state index in [4.69, 9.17) is 4.74 Å². The number of nitrogens with zero attached hydrogens (tertiary/aromatic N) is 5. The van der Waals surface area contributed by atoms with Crippen molar-refractivity contribution >= 4 is 29.3 Å². The molecule has 0 saturated carbocycles. The number of aromatic nitrogens is 2. The van der Waals surface area contributed by atoms with Gasteiger partial charge in [-0.3, -0.25) is 14.7 Å². The van der Waals surface area contributed by atoms with Crippen LogP contribution in [0.15, 0.2) is 54.9 Å². The van der Waals surface area contributed by atoms with Gasteiger partial charge in [0.25, 0.3) is 5.91 Å². The van der Waals surface area contributed by atoms with E-state index in [1.807, 2.05) is 52.3 Å². The minimum Gasteiger partial charge on any atom is -0.496 e. The zero-order valence-corrected chi connectivity index (χ0v) is 23.1. The zero-order valence-electron chi connectivity index (χ0n) is 23.1. The number of amides is 3. The lowest BCUT2D eigenvalue weighted by atomic mass is 9.77. The van der Waals surface area contributed by atoms with Crippen LogP contribution >= 0.6 is 0 Å². The third-order valence-electron chi connectivity index (χ3n) is 8.85. The number of rotatable bonds is 5. The van der Waals surface area contributed by atoms with Crippen molar-refractivity contribution in [2.75, 3.05) is 62.7 Å². The highest BCUT2D eigenvalue weighted by Gasteiger charge is 2.49. The summed E-state index contributed by atoms with van der Waals surface area (Å²) in [6.07, 6.45) is 4.63. The Morgan fingerprint density at radius 1 is 0.951 bits per heavy atom. The van der Waals surface area contributed by atoms with Crippen LogP contribution in [0, 0.1) is 5.41 Å². The molecule has 3 aliphatic heterocycles. The highest BCUT2D eigenvalue weighted by atomic mass is 16.5. The van der Waals surface area contributed by atoms with Crippen LogP contribution in [-0.2, 0) is 4.79 Å². The van der Waals surface area contributed by atoms with Gasteiger partial charge in [0, 0.05) is 80.6 Å². The second kappa shape index (κ2) is 10.8. The highest BCUT2D eigenvalue weighted by molar-refractivity contribution is 6.02. The first-order chi connectivity index (χ1) is 19.9. The number of piperidine rings is 1. The number of hydrogen-bond acceptors (Lipinski definition) is 6. The van der Waals surface area contributed by atoms with E-state index in [1.165, 1.54) is 4.90 Å². The van der Waals surface area contributed by atoms with Crippen LogP contribution in [0.3, 0.4) is 0 Å². The molecule has 6 rings (SSSR count). The van der Waals surface area contributed by atoms with Gasteiger partial charge in [0.2, 0.25) is 5.91 Å². The summed E-state index contributed by atoms with van der Waals surface area (Å²) in [5, 5.41) is 16.1. The fourth-order valence-corrected chi connectivity index (χ4v) is 6.39. The molecule has 0 unspecified atom stereocenters. The molecule has 11 heteroatoms. The quantitative estimate of drug-likeness (QED) is 0.491. The second-order valence-corrected chi connectivity index (χ2v) is 10.9. The topological polar surface area (TPSA) is 122 Å². The van der Waals surface area contributed by atoms with Gasteiger partial charge < -0.3 is 29.4 Å². The van der Waals surface area contributed by atoms with E-state index in [0.717, 1.165) is 28.9 Å². The molecular weight excluding hydrogens is 524 g/mol. The van der Waals surface area contributed by atoms with E-state index in [-0.39, 0.29) is 11.8 Å². The first-order valence-corrected chi connectivity index (χ1v) is 14.0. The number of piperazine rings is 1. The SMILES string of the molecule is COc1cc(N2CCC3(CCN(C(=O)c4ccccc4N4CCN(C(=O)O)CC4)CC3)C2=O)ccc1-c1cn[nH]c1. The highest BCUT2D eigenvalue weighted by Crippen LogP contribution is 2.44. The summed E-state index contributed by atoms with van der Waals surface area (Å²) in [6, 6.07) is 13.4. The Morgan fingerprint density at radius 3 is 2.37 bits per heavy atom. The van der Waals surface area contributed by atoms with Crippen molar-refractivity contribution in [3.05, 3.63) is 60.4 Å². The number of carbonyl (C=O) groups excluding carboxylic acids is 2. The summed E-state index contributed by atoms with van der Waals surface area (Å²) in [7, 11) is 1.62. The Hall–Kier alpha value is -4.54. The molecule has 11 nitrogen and oxygen atoms in total. The minimum absolute atomic E-state index is 0.0435. The third-order valence-corrected chi connectivity index (χ3v) is 8.85. The van der Waals surface area contributed by atoms with E-state index < -0.39 is 11.5 Å². The van der Waals surface area contributed by atoms with Gasteiger partial charge in [-0.2, -0.15) is 5.10 Å². The summed E-state index contributed by atoms with van der Waals surface area (Å²) in [5.41, 5.74) is 3.61. The fourth-order valence-electron chi connectivity index (χ4n) is 6.39. The molecule has 0 radical (unpaired) electrons. The molecule has 3 aromatic rings. The number of anilines is 2. The number of aromatic amines is 1. The summed E-state index contributed by atoms with van der Waals surface area (Å²) in [5.74, 6) is 0.749. The average molecular weight is 559 g/mol. The van der Waals surface area contributed by atoms with Crippen LogP contribution in [-0.4, -0.2) is 95.9 Å². The molecule has 3 amide bonds. The Labute approximate surface area is 238 Å². The molecule has 3 fully saturated rings. The maximum atomic E-state index is 13.8. The predicted octanol–water partition coefficient (Wildman–Crippen LogP) is 3.54. The van der Waals surface area contributed by atoms with E-state index >= 15 is 0 Å². The Morgan fingerprint density at radius 2 is 1.68 bits per heavy atom. The summed E-state index contributed by atoms with van der Waals surface area (Å²) in [4.78, 5) is 46.0. The lowest BCUT2D eigenvalue weighted by molar-refractivity contribution is -0.127. The second-order valence-electron chi connectivity index (χ2n) is 10.9. The zero-order chi connectivity index (χ0) is 28.6. The van der Waals surface area contributed by atoms with Gasteiger partial charge >= 0.3 is 6.09 Å². The van der Waals surface area contributed by atoms with E-state index in [2.05, 4.69) is 15.1 Å². The number of ether oxygens (including phenoxy) is 1. The third kappa shape index (κ3) is 4.85. The van der Waals surface area contributed by atoms with Gasteiger partial charge in [0.15, 0.2) is 0 Å². The average Bonchev–Trinajstić information content (AvgIpc) is 3.66. The normalized spacial score (nSPS) is 18.7. The Kier molecular flexibility index (Phi) is 7.02. The molecule has 214 valence electrons. The van der Waals surface area contributed by atoms with Gasteiger partial charge in [0.1, 0.15) is 5.75 Å². The Bertz CT molecular complexity index is 1440. The number of likely N-dealkylation sites (tertiary alicyclic amines) is 1. The molecule has 2 N–H and O–H groups in total. The number of benzene rings is 2. The van der Waals surface area contributed by atoms with Crippen LogP contribution in [0.25, 0.3) is 11.1 Å². The maximum Gasteiger partial charge on any atom is 0.407 e. The van der Waals surface area contributed by atoms with Crippen molar-refractivity contribution in [1.82, 2.24) is 20.0 Å². The van der Waals surface area contributed by atoms with E-state index in [9.17, 15) is 19.5 Å². The predicted molar refractivity (Wildman–Crippen MR) is 153 cm³/mol. The number of methoxy groups -OCH3 is 1. The Balaban J connectivity index is 1.13. The van der Waals surface area contributed by atoms with E-state index in [1.54, 1.807) is 19.5 Å². The molecule has 0 aliphatic carbocycles. The molecule has 3 aliphatic rings. The molecule has 0 bridgehead atoms. The first kappa shape index (κ1) is 26.7. The molecular formula is C30H34N6O5. The van der Waals surface area contributed by atoms with Gasteiger partial charge in [-0.25, -0.2) is 4.79 Å². The van der Waals surface area contributed by atoms with Gasteiger partial charge in [0.05, 0.1) is 24.3 Å². The minimum atomic E-state index is -0.915. The molecule has 2 aromatic carbocycles. The van der Waals surface area contributed by atoms with Gasteiger partial charge in [-0.05, 0) is 43.5 Å². The first-order valence-electron chi connectivity index (χ1n) is 14.0. The van der Waals surface area contributed by atoms with Crippen molar-refractivity contribution in [2.45, 2.75) is 19.3 Å².